The van der Waals surface area contributed by atoms with Gasteiger partial charge >= 0.3 is 10.2 Å². The summed E-state index contributed by atoms with van der Waals surface area (Å²) in [6, 6.07) is 5.11. The normalized spacial score (nSPS) is 11.5. The lowest BCUT2D eigenvalue weighted by Crippen LogP contribution is -1.93. The largest absolute Gasteiger partial charge is 0.392 e. The first kappa shape index (κ1) is 9.15. The molecule has 1 aromatic carbocycles. The van der Waals surface area contributed by atoms with E-state index in [1.807, 2.05) is 0 Å². The lowest BCUT2D eigenvalue weighted by Gasteiger charge is -1.97. The van der Waals surface area contributed by atoms with E-state index in [2.05, 4.69) is 0 Å². The van der Waals surface area contributed by atoms with Crippen molar-refractivity contribution in [1.82, 2.24) is 0 Å². The summed E-state index contributed by atoms with van der Waals surface area (Å²) in [5.41, 5.74) is 0.369. The van der Waals surface area contributed by atoms with Gasteiger partial charge in [0.15, 0.2) is 0 Å². The van der Waals surface area contributed by atoms with Crippen LogP contribution < -0.4 is 0 Å². The zero-order chi connectivity index (χ0) is 9.19. The topological polar surface area (TPSA) is 54.4 Å². The van der Waals surface area contributed by atoms with Gasteiger partial charge in [0.05, 0.1) is 11.5 Å². The third kappa shape index (κ3) is 2.02. The Morgan fingerprint density at radius 1 is 1.42 bits per heavy atom. The maximum atomic E-state index is 12.3. The molecule has 0 saturated heterocycles. The SMILES string of the molecule is O=S(=O)(F)c1cccc(CO)c1. The monoisotopic (exact) mass is 190 g/mol. The molecule has 0 fully saturated rings. The van der Waals surface area contributed by atoms with Gasteiger partial charge in [-0.15, -0.1) is 3.89 Å². The summed E-state index contributed by atoms with van der Waals surface area (Å²) >= 11 is 0. The van der Waals surface area contributed by atoms with Gasteiger partial charge in [-0.05, 0) is 17.7 Å². The first-order valence-corrected chi connectivity index (χ1v) is 4.57. The molecule has 0 atom stereocenters. The highest BCUT2D eigenvalue weighted by molar-refractivity contribution is 7.86. The summed E-state index contributed by atoms with van der Waals surface area (Å²) in [4.78, 5) is -0.422. The summed E-state index contributed by atoms with van der Waals surface area (Å²) < 4.78 is 33.0. The third-order valence-electron chi connectivity index (χ3n) is 1.36. The van der Waals surface area contributed by atoms with Crippen LogP contribution in [0.3, 0.4) is 0 Å². The van der Waals surface area contributed by atoms with E-state index in [0.29, 0.717) is 5.56 Å². The fourth-order valence-corrected chi connectivity index (χ4v) is 1.33. The predicted molar refractivity (Wildman–Crippen MR) is 40.7 cm³/mol. The summed E-state index contributed by atoms with van der Waals surface area (Å²) in [7, 11) is -4.65. The van der Waals surface area contributed by atoms with Crippen molar-refractivity contribution < 1.29 is 17.4 Å². The smallest absolute Gasteiger partial charge is 0.332 e. The fourth-order valence-electron chi connectivity index (χ4n) is 0.796. The Morgan fingerprint density at radius 2 is 2.08 bits per heavy atom. The van der Waals surface area contributed by atoms with E-state index in [9.17, 15) is 12.3 Å². The number of rotatable bonds is 2. The zero-order valence-corrected chi connectivity index (χ0v) is 6.88. The highest BCUT2D eigenvalue weighted by Crippen LogP contribution is 2.13. The molecule has 1 rings (SSSR count). The molecule has 0 amide bonds. The quantitative estimate of drug-likeness (QED) is 0.703. The Balaban J connectivity index is 3.20. The third-order valence-corrected chi connectivity index (χ3v) is 2.18. The van der Waals surface area contributed by atoms with E-state index >= 15 is 0 Å². The molecule has 0 aliphatic carbocycles. The highest BCUT2D eigenvalue weighted by Gasteiger charge is 2.10. The van der Waals surface area contributed by atoms with Crippen LogP contribution in [-0.2, 0) is 16.8 Å². The summed E-state index contributed by atoms with van der Waals surface area (Å²) in [5, 5.41) is 8.61. The molecular formula is C7H7FO3S. The number of aliphatic hydroxyl groups is 1. The molecule has 0 radical (unpaired) electrons. The Hall–Kier alpha value is -0.940. The number of hydrogen-bond acceptors (Lipinski definition) is 3. The van der Waals surface area contributed by atoms with Gasteiger partial charge in [-0.2, -0.15) is 8.42 Å². The summed E-state index contributed by atoms with van der Waals surface area (Å²) in [6.45, 7) is -0.302. The van der Waals surface area contributed by atoms with Crippen LogP contribution in [0.15, 0.2) is 29.2 Å². The molecule has 0 aliphatic rings. The molecule has 3 nitrogen and oxygen atoms in total. The van der Waals surface area contributed by atoms with E-state index in [1.165, 1.54) is 12.1 Å². The maximum Gasteiger partial charge on any atom is 0.332 e. The van der Waals surface area contributed by atoms with E-state index in [0.717, 1.165) is 12.1 Å². The first-order chi connectivity index (χ1) is 5.54. The van der Waals surface area contributed by atoms with Crippen molar-refractivity contribution in [3.8, 4) is 0 Å². The molecule has 0 saturated carbocycles. The predicted octanol–water partition coefficient (Wildman–Crippen LogP) is 0.837. The van der Waals surface area contributed by atoms with Crippen LogP contribution in [0.1, 0.15) is 5.56 Å². The number of aliphatic hydroxyl groups excluding tert-OH is 1. The second-order valence-corrected chi connectivity index (χ2v) is 3.59. The van der Waals surface area contributed by atoms with Crippen molar-refractivity contribution in [2.45, 2.75) is 11.5 Å². The van der Waals surface area contributed by atoms with Gasteiger partial charge in [-0.1, -0.05) is 12.1 Å². The second-order valence-electron chi connectivity index (χ2n) is 2.24. The van der Waals surface area contributed by atoms with Crippen molar-refractivity contribution in [2.24, 2.45) is 0 Å². The molecule has 0 spiro atoms. The van der Waals surface area contributed by atoms with Crippen LogP contribution in [0.2, 0.25) is 0 Å². The molecule has 12 heavy (non-hydrogen) atoms. The minimum atomic E-state index is -4.65. The molecule has 66 valence electrons. The Bertz CT molecular complexity index is 372. The van der Waals surface area contributed by atoms with E-state index in [4.69, 9.17) is 5.11 Å². The van der Waals surface area contributed by atoms with Gasteiger partial charge in [0.1, 0.15) is 0 Å². The van der Waals surface area contributed by atoms with E-state index in [1.54, 1.807) is 0 Å². The molecule has 5 heteroatoms. The standard InChI is InChI=1S/C7H7FO3S/c8-12(10,11)7-3-1-2-6(4-7)5-9/h1-4,9H,5H2. The molecule has 0 heterocycles. The second kappa shape index (κ2) is 3.20. The van der Waals surface area contributed by atoms with Crippen LogP contribution in [0, 0.1) is 0 Å². The van der Waals surface area contributed by atoms with Gasteiger partial charge in [0, 0.05) is 0 Å². The lowest BCUT2D eigenvalue weighted by molar-refractivity contribution is 0.281. The van der Waals surface area contributed by atoms with Crippen LogP contribution in [0.4, 0.5) is 3.89 Å². The van der Waals surface area contributed by atoms with Gasteiger partial charge < -0.3 is 5.11 Å². The van der Waals surface area contributed by atoms with Crippen LogP contribution >= 0.6 is 0 Å². The Labute approximate surface area is 69.7 Å². The van der Waals surface area contributed by atoms with Crippen molar-refractivity contribution in [3.05, 3.63) is 29.8 Å². The molecule has 1 aromatic rings. The van der Waals surface area contributed by atoms with Gasteiger partial charge in [0.2, 0.25) is 0 Å². The minimum absolute atomic E-state index is 0.302. The van der Waals surface area contributed by atoms with Gasteiger partial charge in [-0.3, -0.25) is 0 Å². The molecule has 0 aliphatic heterocycles. The lowest BCUT2D eigenvalue weighted by atomic mass is 10.2. The summed E-state index contributed by atoms with van der Waals surface area (Å²) in [6.07, 6.45) is 0. The zero-order valence-electron chi connectivity index (χ0n) is 6.07. The van der Waals surface area contributed by atoms with Gasteiger partial charge in [-0.25, -0.2) is 0 Å². The molecule has 0 aromatic heterocycles. The minimum Gasteiger partial charge on any atom is -0.392 e. The first-order valence-electron chi connectivity index (χ1n) is 3.18. The number of halogens is 1. The summed E-state index contributed by atoms with van der Waals surface area (Å²) in [5.74, 6) is 0. The van der Waals surface area contributed by atoms with Crippen molar-refractivity contribution in [3.63, 3.8) is 0 Å². The number of benzene rings is 1. The van der Waals surface area contributed by atoms with Crippen molar-refractivity contribution >= 4 is 10.2 Å². The van der Waals surface area contributed by atoms with Crippen LogP contribution in [-0.4, -0.2) is 13.5 Å². The molecule has 0 bridgehead atoms. The Kier molecular flexibility index (Phi) is 2.44. The van der Waals surface area contributed by atoms with E-state index < -0.39 is 15.1 Å². The van der Waals surface area contributed by atoms with E-state index in [-0.39, 0.29) is 6.61 Å². The van der Waals surface area contributed by atoms with Crippen molar-refractivity contribution in [1.29, 1.82) is 0 Å². The molecule has 1 N–H and O–H groups in total. The maximum absolute atomic E-state index is 12.3. The molecular weight excluding hydrogens is 183 g/mol. The van der Waals surface area contributed by atoms with Crippen LogP contribution in [0.25, 0.3) is 0 Å². The number of hydrogen-bond donors (Lipinski definition) is 1. The van der Waals surface area contributed by atoms with Gasteiger partial charge in [0.25, 0.3) is 0 Å². The average Bonchev–Trinajstić information content (AvgIpc) is 2.03. The highest BCUT2D eigenvalue weighted by atomic mass is 32.3. The van der Waals surface area contributed by atoms with Crippen LogP contribution in [0.5, 0.6) is 0 Å². The molecule has 0 unspecified atom stereocenters. The average molecular weight is 190 g/mol. The van der Waals surface area contributed by atoms with Crippen molar-refractivity contribution in [2.75, 3.05) is 0 Å². The fraction of sp³-hybridized carbons (Fsp3) is 0.143. The Morgan fingerprint density at radius 3 is 2.58 bits per heavy atom.